The summed E-state index contributed by atoms with van der Waals surface area (Å²) in [6.07, 6.45) is 0. The van der Waals surface area contributed by atoms with E-state index >= 15 is 0 Å². The van der Waals surface area contributed by atoms with E-state index in [-0.39, 0.29) is 11.2 Å². The Morgan fingerprint density at radius 2 is 2.04 bits per heavy atom. The molecule has 0 spiro atoms. The van der Waals surface area contributed by atoms with Gasteiger partial charge in [0, 0.05) is 5.75 Å². The Morgan fingerprint density at radius 1 is 1.42 bits per heavy atom. The second-order valence-corrected chi connectivity index (χ2v) is 6.68. The molecule has 1 aromatic rings. The van der Waals surface area contributed by atoms with E-state index < -0.39 is 70.7 Å². The lowest BCUT2D eigenvalue weighted by Crippen LogP contribution is -2.71. The lowest BCUT2D eigenvalue weighted by Gasteiger charge is -2.49. The Kier molecular flexibility index (Phi) is 4.13. The highest BCUT2D eigenvalue weighted by Gasteiger charge is 2.53. The molecule has 0 bridgehead atoms. The van der Waals surface area contributed by atoms with Crippen LogP contribution < -0.4 is 11.1 Å². The number of amides is 2. The Balaban J connectivity index is 0.00000320. The van der Waals surface area contributed by atoms with Gasteiger partial charge in [0.2, 0.25) is 5.91 Å². The number of phenols is 1. The number of carbonyl (C=O) groups is 3. The fourth-order valence-electron chi connectivity index (χ4n) is 2.62. The van der Waals surface area contributed by atoms with Crippen molar-refractivity contribution in [1.82, 2.24) is 10.2 Å². The summed E-state index contributed by atoms with van der Waals surface area (Å²) in [5.74, 6) is -3.27. The van der Waals surface area contributed by atoms with E-state index in [2.05, 4.69) is 5.32 Å². The van der Waals surface area contributed by atoms with Gasteiger partial charge in [0.15, 0.2) is 0 Å². The van der Waals surface area contributed by atoms with Crippen LogP contribution in [-0.4, -0.2) is 55.5 Å². The van der Waals surface area contributed by atoms with Crippen molar-refractivity contribution in [3.8, 4) is 5.75 Å². The van der Waals surface area contributed by atoms with Gasteiger partial charge >= 0.3 is 5.97 Å². The van der Waals surface area contributed by atoms with Crippen LogP contribution in [0, 0.1) is 0 Å². The summed E-state index contributed by atoms with van der Waals surface area (Å²) < 4.78 is 31.0. The molecule has 140 valence electrons. The lowest BCUT2D eigenvalue weighted by molar-refractivity contribution is -0.150. The number of aromatic hydroxyl groups is 1. The van der Waals surface area contributed by atoms with E-state index in [1.165, 1.54) is 11.8 Å². The van der Waals surface area contributed by atoms with Gasteiger partial charge < -0.3 is 26.7 Å². The molecule has 10 heteroatoms. The van der Waals surface area contributed by atoms with Crippen molar-refractivity contribution < 1.29 is 35.6 Å². The van der Waals surface area contributed by atoms with Gasteiger partial charge in [-0.15, -0.1) is 11.8 Å². The number of rotatable bonds is 4. The Labute approximate surface area is 158 Å². The van der Waals surface area contributed by atoms with Crippen LogP contribution in [0.4, 0.5) is 0 Å². The zero-order chi connectivity index (χ0) is 21.8. The normalized spacial score (nSPS) is 24.8. The number of aliphatic carboxylic acids is 1. The summed E-state index contributed by atoms with van der Waals surface area (Å²) in [4.78, 5) is 37.5. The average Bonchev–Trinajstić information content (AvgIpc) is 2.68. The minimum absolute atomic E-state index is 0. The maximum absolute atomic E-state index is 12.6. The second kappa shape index (κ2) is 7.36. The summed E-state index contributed by atoms with van der Waals surface area (Å²) in [5.41, 5.74) is 5.82. The average molecular weight is 385 g/mol. The van der Waals surface area contributed by atoms with Crippen molar-refractivity contribution in [1.29, 1.82) is 0 Å². The molecule has 2 aliphatic heterocycles. The number of nitrogens with zero attached hydrogens (tertiary/aromatic N) is 1. The first kappa shape index (κ1) is 14.6. The molecular formula is C16H19N3O6S. The van der Waals surface area contributed by atoms with Crippen molar-refractivity contribution in [3.63, 3.8) is 0 Å². The standard InChI is InChI=1S/C16H17N3O5S.H2O/c1-7-6-25-15-11(14(22)19(15)12(7)16(23)24)18-13(21)10(17)8-2-4-9(20)5-3-8;/h2-5,10-11,15,20H,6,17H2,1H3,(H,18,21)(H,23,24);1H2/t10?,11-,15-;/m1./s1/i2D,3D,4D,5D;. The van der Waals surface area contributed by atoms with Crippen molar-refractivity contribution in [2.75, 3.05) is 5.75 Å². The molecule has 1 fully saturated rings. The number of carboxylic acid groups (broad SMARTS) is 1. The van der Waals surface area contributed by atoms with E-state index in [9.17, 15) is 24.6 Å². The Morgan fingerprint density at radius 3 is 2.62 bits per heavy atom. The van der Waals surface area contributed by atoms with Crippen LogP contribution in [0.15, 0.2) is 35.4 Å². The number of nitrogens with two attached hydrogens (primary N) is 1. The number of thioether (sulfide) groups is 1. The molecule has 0 aromatic heterocycles. The molecule has 2 aliphatic rings. The van der Waals surface area contributed by atoms with Crippen LogP contribution >= 0.6 is 11.8 Å². The highest BCUT2D eigenvalue weighted by atomic mass is 32.2. The van der Waals surface area contributed by atoms with Gasteiger partial charge in [0.25, 0.3) is 5.91 Å². The smallest absolute Gasteiger partial charge is 0.352 e. The number of fused-ring (bicyclic) bond motifs is 1. The molecule has 0 saturated carbocycles. The van der Waals surface area contributed by atoms with E-state index in [0.29, 0.717) is 11.3 Å². The van der Waals surface area contributed by atoms with Gasteiger partial charge in [0.05, 0.1) is 5.48 Å². The van der Waals surface area contributed by atoms with Crippen LogP contribution in [0.3, 0.4) is 0 Å². The van der Waals surface area contributed by atoms with Crippen LogP contribution in [0.5, 0.6) is 5.75 Å². The number of β-lactam (4-membered cyclic amide) rings is 1. The largest absolute Gasteiger partial charge is 0.508 e. The number of hydrogen-bond acceptors (Lipinski definition) is 6. The van der Waals surface area contributed by atoms with Crippen molar-refractivity contribution in [2.45, 2.75) is 24.4 Å². The first-order chi connectivity index (χ1) is 13.5. The van der Waals surface area contributed by atoms with E-state index in [0.717, 1.165) is 4.90 Å². The summed E-state index contributed by atoms with van der Waals surface area (Å²) in [5, 5.41) is 20.7. The van der Waals surface area contributed by atoms with Crippen molar-refractivity contribution in [2.24, 2.45) is 5.73 Å². The number of hydrogen-bond donors (Lipinski definition) is 4. The van der Waals surface area contributed by atoms with Gasteiger partial charge in [0.1, 0.15) is 28.9 Å². The molecule has 3 rings (SSSR count). The first-order valence-electron chi connectivity index (χ1n) is 9.21. The van der Waals surface area contributed by atoms with E-state index in [1.54, 1.807) is 6.92 Å². The number of carbonyl (C=O) groups excluding carboxylic acids is 2. The molecule has 2 amide bonds. The molecule has 1 saturated heterocycles. The number of benzene rings is 1. The zero-order valence-corrected chi connectivity index (χ0v) is 14.3. The third-order valence-electron chi connectivity index (χ3n) is 3.88. The van der Waals surface area contributed by atoms with Crippen molar-refractivity contribution in [3.05, 3.63) is 41.0 Å². The predicted molar refractivity (Wildman–Crippen MR) is 94.0 cm³/mol. The molecule has 7 N–H and O–H groups in total. The molecular weight excluding hydrogens is 362 g/mol. The third kappa shape index (κ3) is 3.26. The molecule has 1 aromatic carbocycles. The molecule has 0 radical (unpaired) electrons. The summed E-state index contributed by atoms with van der Waals surface area (Å²) in [6, 6.07) is -5.45. The Hall–Kier alpha value is -2.56. The third-order valence-corrected chi connectivity index (χ3v) is 5.31. The molecule has 1 unspecified atom stereocenters. The highest BCUT2D eigenvalue weighted by molar-refractivity contribution is 8.00. The first-order valence-corrected chi connectivity index (χ1v) is 8.26. The van der Waals surface area contributed by atoms with Gasteiger partial charge in [-0.2, -0.15) is 0 Å². The minimum atomic E-state index is -1.63. The lowest BCUT2D eigenvalue weighted by atomic mass is 10.0. The Bertz CT molecular complexity index is 959. The summed E-state index contributed by atoms with van der Waals surface area (Å²) in [6.45, 7) is 1.61. The highest BCUT2D eigenvalue weighted by Crippen LogP contribution is 2.40. The van der Waals surface area contributed by atoms with E-state index in [4.69, 9.17) is 11.2 Å². The number of nitrogens with one attached hydrogen (secondary N) is 1. The van der Waals surface area contributed by atoms with E-state index in [1.807, 2.05) is 0 Å². The maximum Gasteiger partial charge on any atom is 0.352 e. The fraction of sp³-hybridized carbons (Fsp3) is 0.312. The van der Waals surface area contributed by atoms with Crippen LogP contribution in [-0.2, 0) is 14.4 Å². The fourth-order valence-corrected chi connectivity index (χ4v) is 3.91. The SMILES string of the molecule is O.[2H]c1c([2H])c(C(N)C(=O)N[C@@H]2C(=O)N3C(C(=O)O)=C(C)CS[C@H]23)c([2H])c([2H])c1O. The zero-order valence-electron chi connectivity index (χ0n) is 17.5. The number of carboxylic acids is 1. The summed E-state index contributed by atoms with van der Waals surface area (Å²) in [7, 11) is 0. The van der Waals surface area contributed by atoms with Gasteiger partial charge in [-0.05, 0) is 30.1 Å². The second-order valence-electron chi connectivity index (χ2n) is 5.57. The molecule has 9 nitrogen and oxygen atoms in total. The minimum Gasteiger partial charge on any atom is -0.508 e. The predicted octanol–water partition coefficient (Wildman–Crippen LogP) is -0.674. The van der Waals surface area contributed by atoms with Crippen LogP contribution in [0.2, 0.25) is 0 Å². The topological polar surface area (TPSA) is 164 Å². The summed E-state index contributed by atoms with van der Waals surface area (Å²) >= 11 is 1.28. The van der Waals surface area contributed by atoms with Crippen LogP contribution in [0.25, 0.3) is 0 Å². The molecule has 26 heavy (non-hydrogen) atoms. The van der Waals surface area contributed by atoms with Gasteiger partial charge in [-0.25, -0.2) is 4.79 Å². The monoisotopic (exact) mass is 385 g/mol. The van der Waals surface area contributed by atoms with Crippen molar-refractivity contribution >= 4 is 29.5 Å². The van der Waals surface area contributed by atoms with Gasteiger partial charge in [-0.1, -0.05) is 12.1 Å². The molecule has 3 atom stereocenters. The van der Waals surface area contributed by atoms with Gasteiger partial charge in [-0.3, -0.25) is 14.5 Å². The quantitative estimate of drug-likeness (QED) is 0.499. The number of phenolic OH excluding ortho intramolecular Hbond substituents is 1. The molecule has 0 aliphatic carbocycles. The maximum atomic E-state index is 12.6. The molecule has 2 heterocycles. The van der Waals surface area contributed by atoms with Crippen LogP contribution in [0.1, 0.15) is 24.0 Å².